The molecule has 0 spiro atoms. The first-order chi connectivity index (χ1) is 5.02. The molecule has 0 unspecified atom stereocenters. The van der Waals surface area contributed by atoms with Gasteiger partial charge in [-0.2, -0.15) is 0 Å². The Kier molecular flexibility index (Phi) is 2.46. The fourth-order valence-electron chi connectivity index (χ4n) is 1.29. The van der Waals surface area contributed by atoms with E-state index in [1.165, 1.54) is 7.11 Å². The molecule has 5 heteroatoms. The highest BCUT2D eigenvalue weighted by atomic mass is 35.7. The number of ether oxygens (including phenoxy) is 1. The molecule has 0 aromatic heterocycles. The van der Waals surface area contributed by atoms with E-state index in [1.54, 1.807) is 0 Å². The SMILES string of the molecule is COCC1(S(=O)(=O)Cl)CCC1. The van der Waals surface area contributed by atoms with Crippen molar-refractivity contribution in [2.24, 2.45) is 0 Å². The molecule has 1 saturated carbocycles. The Morgan fingerprint density at radius 1 is 1.55 bits per heavy atom. The molecule has 0 bridgehead atoms. The fourth-order valence-corrected chi connectivity index (χ4v) is 2.92. The van der Waals surface area contributed by atoms with Crippen LogP contribution in [-0.4, -0.2) is 26.9 Å². The highest BCUT2D eigenvalue weighted by molar-refractivity contribution is 8.14. The van der Waals surface area contributed by atoms with Crippen LogP contribution < -0.4 is 0 Å². The third-order valence-electron chi connectivity index (χ3n) is 2.19. The van der Waals surface area contributed by atoms with Gasteiger partial charge >= 0.3 is 0 Å². The van der Waals surface area contributed by atoms with Gasteiger partial charge in [-0.3, -0.25) is 0 Å². The molecule has 3 nitrogen and oxygen atoms in total. The average molecular weight is 199 g/mol. The zero-order valence-corrected chi connectivity index (χ0v) is 7.91. The maximum absolute atomic E-state index is 11.0. The summed E-state index contributed by atoms with van der Waals surface area (Å²) < 4.78 is 26.1. The number of methoxy groups -OCH3 is 1. The second-order valence-corrected chi connectivity index (χ2v) is 5.87. The third-order valence-corrected chi connectivity index (χ3v) is 4.73. The Labute approximate surface area is 71.1 Å². The summed E-state index contributed by atoms with van der Waals surface area (Å²) in [7, 11) is 3.31. The summed E-state index contributed by atoms with van der Waals surface area (Å²) >= 11 is 0. The summed E-state index contributed by atoms with van der Waals surface area (Å²) in [4.78, 5) is 0. The molecule has 0 radical (unpaired) electrons. The van der Waals surface area contributed by atoms with Crippen molar-refractivity contribution in [2.45, 2.75) is 24.0 Å². The number of rotatable bonds is 3. The van der Waals surface area contributed by atoms with Crippen molar-refractivity contribution >= 4 is 19.7 Å². The first kappa shape index (κ1) is 9.29. The first-order valence-corrected chi connectivity index (χ1v) is 5.76. The summed E-state index contributed by atoms with van der Waals surface area (Å²) in [5.41, 5.74) is 0. The molecular weight excluding hydrogens is 188 g/mol. The number of hydrogen-bond acceptors (Lipinski definition) is 3. The van der Waals surface area contributed by atoms with Crippen LogP contribution in [0.15, 0.2) is 0 Å². The predicted octanol–water partition coefficient (Wildman–Crippen LogP) is 1.12. The van der Waals surface area contributed by atoms with Crippen LogP contribution in [0.4, 0.5) is 0 Å². The van der Waals surface area contributed by atoms with Crippen molar-refractivity contribution < 1.29 is 13.2 Å². The summed E-state index contributed by atoms with van der Waals surface area (Å²) in [6, 6.07) is 0. The van der Waals surface area contributed by atoms with Gasteiger partial charge in [-0.15, -0.1) is 0 Å². The zero-order valence-electron chi connectivity index (χ0n) is 6.34. The van der Waals surface area contributed by atoms with Gasteiger partial charge in [0.25, 0.3) is 0 Å². The van der Waals surface area contributed by atoms with Crippen LogP contribution in [0.1, 0.15) is 19.3 Å². The molecule has 11 heavy (non-hydrogen) atoms. The molecule has 0 aliphatic heterocycles. The van der Waals surface area contributed by atoms with Crippen molar-refractivity contribution in [3.63, 3.8) is 0 Å². The van der Waals surface area contributed by atoms with Gasteiger partial charge in [-0.1, -0.05) is 6.42 Å². The van der Waals surface area contributed by atoms with Gasteiger partial charge in [-0.05, 0) is 12.8 Å². The molecule has 0 heterocycles. The van der Waals surface area contributed by atoms with Gasteiger partial charge in [0.05, 0.1) is 6.61 Å². The molecule has 0 saturated heterocycles. The third kappa shape index (κ3) is 1.53. The van der Waals surface area contributed by atoms with E-state index in [1.807, 2.05) is 0 Å². The Morgan fingerprint density at radius 2 is 2.09 bits per heavy atom. The first-order valence-electron chi connectivity index (χ1n) is 3.45. The molecule has 0 aromatic carbocycles. The Hall–Kier alpha value is 0.200. The van der Waals surface area contributed by atoms with Gasteiger partial charge in [-0.25, -0.2) is 8.42 Å². The molecule has 1 aliphatic carbocycles. The molecule has 0 N–H and O–H groups in total. The number of halogens is 1. The molecule has 0 amide bonds. The maximum Gasteiger partial charge on any atom is 0.240 e. The van der Waals surface area contributed by atoms with Gasteiger partial charge in [0.2, 0.25) is 9.05 Å². The number of hydrogen-bond donors (Lipinski definition) is 0. The maximum atomic E-state index is 11.0. The zero-order chi connectivity index (χ0) is 8.54. The van der Waals surface area contributed by atoms with E-state index < -0.39 is 13.8 Å². The van der Waals surface area contributed by atoms with Crippen molar-refractivity contribution in [1.29, 1.82) is 0 Å². The highest BCUT2D eigenvalue weighted by Crippen LogP contribution is 2.41. The Bertz CT molecular complexity index is 230. The van der Waals surface area contributed by atoms with Crippen molar-refractivity contribution in [3.05, 3.63) is 0 Å². The Balaban J connectivity index is 2.76. The smallest absolute Gasteiger partial charge is 0.240 e. The van der Waals surface area contributed by atoms with E-state index >= 15 is 0 Å². The van der Waals surface area contributed by atoms with Crippen LogP contribution in [0.5, 0.6) is 0 Å². The molecule has 66 valence electrons. The van der Waals surface area contributed by atoms with E-state index in [9.17, 15) is 8.42 Å². The quantitative estimate of drug-likeness (QED) is 0.639. The highest BCUT2D eigenvalue weighted by Gasteiger charge is 2.48. The summed E-state index contributed by atoms with van der Waals surface area (Å²) in [5, 5.41) is 0. The predicted molar refractivity (Wildman–Crippen MR) is 43.2 cm³/mol. The van der Waals surface area contributed by atoms with Crippen molar-refractivity contribution in [2.75, 3.05) is 13.7 Å². The molecule has 1 rings (SSSR count). The van der Waals surface area contributed by atoms with Crippen LogP contribution in [0, 0.1) is 0 Å². The lowest BCUT2D eigenvalue weighted by Gasteiger charge is -2.37. The van der Waals surface area contributed by atoms with E-state index in [2.05, 4.69) is 0 Å². The van der Waals surface area contributed by atoms with Gasteiger partial charge in [0.1, 0.15) is 4.75 Å². The lowest BCUT2D eigenvalue weighted by atomic mass is 9.85. The minimum atomic E-state index is -3.44. The van der Waals surface area contributed by atoms with Crippen LogP contribution in [-0.2, 0) is 13.8 Å². The largest absolute Gasteiger partial charge is 0.383 e. The Morgan fingerprint density at radius 3 is 2.18 bits per heavy atom. The second kappa shape index (κ2) is 2.92. The fraction of sp³-hybridized carbons (Fsp3) is 1.00. The topological polar surface area (TPSA) is 43.4 Å². The minimum Gasteiger partial charge on any atom is -0.383 e. The molecular formula is C6H11ClO3S. The second-order valence-electron chi connectivity index (χ2n) is 2.91. The molecule has 1 fully saturated rings. The standard InChI is InChI=1S/C6H11ClO3S/c1-10-5-6(3-2-4-6)11(7,8)9/h2-5H2,1H3. The van der Waals surface area contributed by atoms with Crippen molar-refractivity contribution in [3.8, 4) is 0 Å². The summed E-state index contributed by atoms with van der Waals surface area (Å²) in [6.07, 6.45) is 2.19. The van der Waals surface area contributed by atoms with Crippen molar-refractivity contribution in [1.82, 2.24) is 0 Å². The lowest BCUT2D eigenvalue weighted by Crippen LogP contribution is -2.46. The van der Waals surface area contributed by atoms with Crippen LogP contribution in [0.2, 0.25) is 0 Å². The van der Waals surface area contributed by atoms with E-state index in [-0.39, 0.29) is 6.61 Å². The summed E-state index contributed by atoms with van der Waals surface area (Å²) in [5.74, 6) is 0. The normalized spacial score (nSPS) is 22.7. The lowest BCUT2D eigenvalue weighted by molar-refractivity contribution is 0.128. The van der Waals surface area contributed by atoms with Gasteiger partial charge in [0, 0.05) is 17.8 Å². The van der Waals surface area contributed by atoms with Gasteiger partial charge in [0.15, 0.2) is 0 Å². The molecule has 1 aliphatic rings. The van der Waals surface area contributed by atoms with E-state index in [0.717, 1.165) is 6.42 Å². The average Bonchev–Trinajstić information content (AvgIpc) is 1.75. The van der Waals surface area contributed by atoms with Crippen LogP contribution in [0.3, 0.4) is 0 Å². The monoisotopic (exact) mass is 198 g/mol. The van der Waals surface area contributed by atoms with Crippen LogP contribution >= 0.6 is 10.7 Å². The van der Waals surface area contributed by atoms with Crippen LogP contribution in [0.25, 0.3) is 0 Å². The van der Waals surface area contributed by atoms with E-state index in [0.29, 0.717) is 12.8 Å². The molecule has 0 aromatic rings. The van der Waals surface area contributed by atoms with Gasteiger partial charge < -0.3 is 4.74 Å². The minimum absolute atomic E-state index is 0.221. The van der Waals surface area contributed by atoms with E-state index in [4.69, 9.17) is 15.4 Å². The molecule has 0 atom stereocenters. The summed E-state index contributed by atoms with van der Waals surface area (Å²) in [6.45, 7) is 0.221.